The van der Waals surface area contributed by atoms with Crippen molar-refractivity contribution in [3.05, 3.63) is 64.2 Å². The molecule has 0 saturated carbocycles. The summed E-state index contributed by atoms with van der Waals surface area (Å²) in [5.41, 5.74) is 9.26. The lowest BCUT2D eigenvalue weighted by Gasteiger charge is -2.29. The molecule has 0 bridgehead atoms. The first-order valence-electron chi connectivity index (χ1n) is 15.5. The van der Waals surface area contributed by atoms with Crippen molar-refractivity contribution in [3.63, 3.8) is 0 Å². The maximum atomic E-state index is 13.5. The molecule has 0 unspecified atom stereocenters. The average molecular weight is 634 g/mol. The summed E-state index contributed by atoms with van der Waals surface area (Å²) in [4.78, 5) is 26.6. The average Bonchev–Trinajstić information content (AvgIpc) is 3.00. The van der Waals surface area contributed by atoms with Crippen LogP contribution >= 0.6 is 11.6 Å². The summed E-state index contributed by atoms with van der Waals surface area (Å²) in [6.45, 7) is 11.6. The van der Waals surface area contributed by atoms with E-state index >= 15 is 0 Å². The van der Waals surface area contributed by atoms with Crippen molar-refractivity contribution < 1.29 is 28.9 Å². The molecule has 9 nitrogen and oxygen atoms in total. The number of rotatable bonds is 20. The van der Waals surface area contributed by atoms with Gasteiger partial charge >= 0.3 is 0 Å². The minimum absolute atomic E-state index is 0.0745. The number of methoxy groups -OCH3 is 1. The second-order valence-corrected chi connectivity index (χ2v) is 12.3. The van der Waals surface area contributed by atoms with Crippen LogP contribution in [-0.4, -0.2) is 62.0 Å². The van der Waals surface area contributed by atoms with Gasteiger partial charge in [-0.05, 0) is 48.4 Å². The topological polar surface area (TPSA) is 132 Å². The van der Waals surface area contributed by atoms with Crippen molar-refractivity contribution in [1.29, 1.82) is 0 Å². The second kappa shape index (κ2) is 19.6. The van der Waals surface area contributed by atoms with E-state index in [1.54, 1.807) is 13.2 Å². The number of nitrogens with two attached hydrogens (primary N) is 1. The van der Waals surface area contributed by atoms with Crippen LogP contribution in [0, 0.1) is 24.7 Å². The van der Waals surface area contributed by atoms with Crippen molar-refractivity contribution >= 4 is 23.4 Å². The van der Waals surface area contributed by atoms with Crippen LogP contribution in [0.5, 0.6) is 5.75 Å². The number of amides is 2. The second-order valence-electron chi connectivity index (χ2n) is 11.9. The molecule has 0 fully saturated rings. The molecular weight excluding hydrogens is 582 g/mol. The molecule has 5 atom stereocenters. The highest BCUT2D eigenvalue weighted by molar-refractivity contribution is 6.32. The highest BCUT2D eigenvalue weighted by atomic mass is 35.5. The van der Waals surface area contributed by atoms with Crippen molar-refractivity contribution in [2.45, 2.75) is 85.2 Å². The van der Waals surface area contributed by atoms with Gasteiger partial charge in [0.1, 0.15) is 11.8 Å². The normalized spacial score (nSPS) is 14.9. The van der Waals surface area contributed by atoms with Gasteiger partial charge in [-0.1, -0.05) is 81.6 Å². The highest BCUT2D eigenvalue weighted by Gasteiger charge is 2.32. The molecule has 0 radical (unpaired) electrons. The largest absolute Gasteiger partial charge is 0.492 e. The Balaban J connectivity index is 1.92. The van der Waals surface area contributed by atoms with Gasteiger partial charge < -0.3 is 35.7 Å². The number of ether oxygens (including phenoxy) is 3. The molecule has 0 heterocycles. The SMILES string of the molecule is CC[C@H](C)[C@H](NC(=O)[C@@H](C[C@H](O)[C@@H](N)COCc1ccc(Cl)c(OCCCOC)c1)C(C)C)C(=O)NCc1ccc(C)cc1. The molecular formula is C34H52ClN3O6. The maximum Gasteiger partial charge on any atom is 0.243 e. The Labute approximate surface area is 268 Å². The number of halogens is 1. The first-order valence-corrected chi connectivity index (χ1v) is 15.9. The predicted octanol–water partition coefficient (Wildman–Crippen LogP) is 4.78. The van der Waals surface area contributed by atoms with E-state index in [1.165, 1.54) is 0 Å². The fourth-order valence-corrected chi connectivity index (χ4v) is 4.81. The predicted molar refractivity (Wildman–Crippen MR) is 174 cm³/mol. The summed E-state index contributed by atoms with van der Waals surface area (Å²) in [6, 6.07) is 12.0. The minimum atomic E-state index is -0.976. The molecule has 0 aliphatic heterocycles. The standard InChI is InChI=1S/C34H52ClN3O6/c1-7-24(5)32(34(41)37-19-25-11-9-23(4)10-12-25)38-33(40)27(22(2)3)18-30(39)29(36)21-43-20-26-13-14-28(35)31(17-26)44-16-8-15-42-6/h9-14,17,22,24,27,29-30,32,39H,7-8,15-16,18-21,36H2,1-6H3,(H,37,41)(H,38,40)/t24-,27-,29-,30-,32-/m0/s1. The Morgan fingerprint density at radius 3 is 2.34 bits per heavy atom. The zero-order valence-electron chi connectivity index (χ0n) is 27.1. The summed E-state index contributed by atoms with van der Waals surface area (Å²) in [7, 11) is 1.64. The number of aliphatic hydroxyl groups is 1. The number of nitrogens with one attached hydrogen (secondary N) is 2. The quantitative estimate of drug-likeness (QED) is 0.154. The van der Waals surface area contributed by atoms with Crippen LogP contribution < -0.4 is 21.1 Å². The molecule has 2 aromatic rings. The minimum Gasteiger partial charge on any atom is -0.492 e. The summed E-state index contributed by atoms with van der Waals surface area (Å²) in [5.74, 6) is -0.633. The lowest BCUT2D eigenvalue weighted by molar-refractivity contribution is -0.134. The number of aryl methyl sites for hydroxylation is 1. The van der Waals surface area contributed by atoms with Gasteiger partial charge in [0.25, 0.3) is 0 Å². The van der Waals surface area contributed by atoms with Crippen LogP contribution in [0.25, 0.3) is 0 Å². The molecule has 2 rings (SSSR count). The number of aliphatic hydroxyl groups excluding tert-OH is 1. The van der Waals surface area contributed by atoms with Crippen LogP contribution in [0.3, 0.4) is 0 Å². The molecule has 2 amide bonds. The third-order valence-electron chi connectivity index (χ3n) is 7.84. The van der Waals surface area contributed by atoms with Gasteiger partial charge in [-0.15, -0.1) is 0 Å². The van der Waals surface area contributed by atoms with E-state index in [-0.39, 0.29) is 43.3 Å². The number of benzene rings is 2. The maximum absolute atomic E-state index is 13.5. The van der Waals surface area contributed by atoms with Gasteiger partial charge in [0, 0.05) is 32.6 Å². The number of hydrogen-bond donors (Lipinski definition) is 4. The first kappa shape index (κ1) is 37.5. The molecule has 246 valence electrons. The number of hydrogen-bond acceptors (Lipinski definition) is 7. The smallest absolute Gasteiger partial charge is 0.243 e. The van der Waals surface area contributed by atoms with E-state index in [0.717, 1.165) is 29.5 Å². The van der Waals surface area contributed by atoms with E-state index in [2.05, 4.69) is 10.6 Å². The highest BCUT2D eigenvalue weighted by Crippen LogP contribution is 2.26. The third kappa shape index (κ3) is 12.7. The molecule has 10 heteroatoms. The van der Waals surface area contributed by atoms with Crippen LogP contribution in [0.1, 0.15) is 63.6 Å². The van der Waals surface area contributed by atoms with Crippen LogP contribution in [0.15, 0.2) is 42.5 Å². The number of carbonyl (C=O) groups is 2. The van der Waals surface area contributed by atoms with Crippen LogP contribution in [0.2, 0.25) is 5.02 Å². The van der Waals surface area contributed by atoms with Crippen molar-refractivity contribution in [1.82, 2.24) is 10.6 Å². The summed E-state index contributed by atoms with van der Waals surface area (Å²) >= 11 is 6.25. The first-order chi connectivity index (χ1) is 21.0. The molecule has 44 heavy (non-hydrogen) atoms. The van der Waals surface area contributed by atoms with Gasteiger partial charge in [-0.3, -0.25) is 9.59 Å². The van der Waals surface area contributed by atoms with Gasteiger partial charge in [-0.25, -0.2) is 0 Å². The van der Waals surface area contributed by atoms with E-state index < -0.39 is 24.1 Å². The van der Waals surface area contributed by atoms with Gasteiger partial charge in [-0.2, -0.15) is 0 Å². The Hall–Kier alpha value is -2.69. The zero-order valence-corrected chi connectivity index (χ0v) is 27.9. The van der Waals surface area contributed by atoms with E-state index in [4.69, 9.17) is 31.5 Å². The Morgan fingerprint density at radius 2 is 1.70 bits per heavy atom. The molecule has 0 aliphatic carbocycles. The Kier molecular flexibility index (Phi) is 16.7. The molecule has 2 aromatic carbocycles. The van der Waals surface area contributed by atoms with Crippen LogP contribution in [0.4, 0.5) is 0 Å². The summed E-state index contributed by atoms with van der Waals surface area (Å²) < 4.78 is 16.6. The van der Waals surface area contributed by atoms with Gasteiger partial charge in [0.05, 0.1) is 37.0 Å². The molecule has 0 spiro atoms. The van der Waals surface area contributed by atoms with Gasteiger partial charge in [0.15, 0.2) is 0 Å². The van der Waals surface area contributed by atoms with E-state index in [9.17, 15) is 14.7 Å². The van der Waals surface area contributed by atoms with Crippen LogP contribution in [-0.2, 0) is 32.2 Å². The molecule has 0 aliphatic rings. The summed E-state index contributed by atoms with van der Waals surface area (Å²) in [6.07, 6.45) is 0.632. The van der Waals surface area contributed by atoms with E-state index in [0.29, 0.717) is 30.5 Å². The van der Waals surface area contributed by atoms with E-state index in [1.807, 2.05) is 71.0 Å². The van der Waals surface area contributed by atoms with Crippen molar-refractivity contribution in [2.24, 2.45) is 23.5 Å². The fourth-order valence-electron chi connectivity index (χ4n) is 4.64. The monoisotopic (exact) mass is 633 g/mol. The summed E-state index contributed by atoms with van der Waals surface area (Å²) in [5, 5.41) is 17.4. The van der Waals surface area contributed by atoms with Crippen molar-refractivity contribution in [2.75, 3.05) is 26.9 Å². The van der Waals surface area contributed by atoms with Crippen molar-refractivity contribution in [3.8, 4) is 5.75 Å². The fraction of sp³-hybridized carbons (Fsp3) is 0.588. The molecule has 5 N–H and O–H groups in total. The Bertz CT molecular complexity index is 1150. The molecule has 0 saturated heterocycles. The zero-order chi connectivity index (χ0) is 32.6. The Morgan fingerprint density at radius 1 is 1.02 bits per heavy atom. The lowest BCUT2D eigenvalue weighted by Crippen LogP contribution is -2.52. The lowest BCUT2D eigenvalue weighted by atomic mass is 9.86. The number of carbonyl (C=O) groups excluding carboxylic acids is 2. The molecule has 0 aromatic heterocycles. The van der Waals surface area contributed by atoms with Gasteiger partial charge in [0.2, 0.25) is 11.8 Å². The third-order valence-corrected chi connectivity index (χ3v) is 8.15.